The lowest BCUT2D eigenvalue weighted by molar-refractivity contribution is -0.141. The highest BCUT2D eigenvalue weighted by Gasteiger charge is 2.40. The Morgan fingerprint density at radius 1 is 1.38 bits per heavy atom. The van der Waals surface area contributed by atoms with Gasteiger partial charge in [0, 0.05) is 23.9 Å². The molecule has 1 amide bonds. The molecule has 5 nitrogen and oxygen atoms in total. The van der Waals surface area contributed by atoms with E-state index in [2.05, 4.69) is 0 Å². The van der Waals surface area contributed by atoms with E-state index < -0.39 is 18.0 Å². The van der Waals surface area contributed by atoms with Crippen molar-refractivity contribution in [1.82, 2.24) is 4.90 Å². The number of aliphatic carboxylic acids is 1. The van der Waals surface area contributed by atoms with Crippen molar-refractivity contribution in [2.24, 2.45) is 5.92 Å². The summed E-state index contributed by atoms with van der Waals surface area (Å²) < 4.78 is 0. The number of amides is 1. The van der Waals surface area contributed by atoms with Crippen molar-refractivity contribution in [3.05, 3.63) is 22.4 Å². The van der Waals surface area contributed by atoms with Crippen LogP contribution in [0.2, 0.25) is 0 Å². The van der Waals surface area contributed by atoms with Crippen LogP contribution in [-0.2, 0) is 4.79 Å². The van der Waals surface area contributed by atoms with Gasteiger partial charge >= 0.3 is 12.1 Å². The summed E-state index contributed by atoms with van der Waals surface area (Å²) in [5.41, 5.74) is 0. The van der Waals surface area contributed by atoms with E-state index in [1.807, 2.05) is 17.5 Å². The molecule has 0 unspecified atom stereocenters. The zero-order valence-electron chi connectivity index (χ0n) is 8.37. The quantitative estimate of drug-likeness (QED) is 0.823. The lowest BCUT2D eigenvalue weighted by atomic mass is 9.95. The third kappa shape index (κ3) is 1.88. The van der Waals surface area contributed by atoms with Gasteiger partial charge in [0.15, 0.2) is 0 Å². The Kier molecular flexibility index (Phi) is 2.82. The standard InChI is InChI=1S/C10H11NO4S/c12-9(13)7-5-11(10(14)15)4-6(7)8-2-1-3-16-8/h1-3,6-7H,4-5H2,(H,12,13)(H,14,15)/t6-,7-/m0/s1. The number of rotatable bonds is 2. The molecular weight excluding hydrogens is 230 g/mol. The van der Waals surface area contributed by atoms with Gasteiger partial charge in [-0.1, -0.05) is 6.07 Å². The molecule has 1 aliphatic rings. The summed E-state index contributed by atoms with van der Waals surface area (Å²) in [4.78, 5) is 24.0. The summed E-state index contributed by atoms with van der Waals surface area (Å²) in [7, 11) is 0. The summed E-state index contributed by atoms with van der Waals surface area (Å²) in [5, 5.41) is 19.8. The fourth-order valence-electron chi connectivity index (χ4n) is 2.00. The molecule has 0 radical (unpaired) electrons. The predicted octanol–water partition coefficient (Wildman–Crippen LogP) is 1.53. The summed E-state index contributed by atoms with van der Waals surface area (Å²) in [6.45, 7) is 0.347. The molecule has 0 bridgehead atoms. The van der Waals surface area contributed by atoms with E-state index in [-0.39, 0.29) is 19.0 Å². The van der Waals surface area contributed by atoms with Gasteiger partial charge in [0.25, 0.3) is 0 Å². The first kappa shape index (κ1) is 10.9. The van der Waals surface area contributed by atoms with Crippen LogP contribution in [-0.4, -0.2) is 40.3 Å². The van der Waals surface area contributed by atoms with Crippen LogP contribution in [0.15, 0.2) is 17.5 Å². The van der Waals surface area contributed by atoms with Gasteiger partial charge in [0.05, 0.1) is 5.92 Å². The number of carboxylic acid groups (broad SMARTS) is 2. The fraction of sp³-hybridized carbons (Fsp3) is 0.400. The van der Waals surface area contributed by atoms with Gasteiger partial charge in [-0.25, -0.2) is 4.79 Å². The van der Waals surface area contributed by atoms with Gasteiger partial charge in [0.1, 0.15) is 0 Å². The topological polar surface area (TPSA) is 77.8 Å². The first-order chi connectivity index (χ1) is 7.59. The zero-order valence-corrected chi connectivity index (χ0v) is 9.18. The lowest BCUT2D eigenvalue weighted by Gasteiger charge is -2.11. The van der Waals surface area contributed by atoms with Crippen LogP contribution in [0, 0.1) is 5.92 Å². The molecule has 1 aliphatic heterocycles. The van der Waals surface area contributed by atoms with Crippen LogP contribution < -0.4 is 0 Å². The number of hydrogen-bond acceptors (Lipinski definition) is 3. The maximum Gasteiger partial charge on any atom is 0.407 e. The van der Waals surface area contributed by atoms with Crippen LogP contribution in [0.1, 0.15) is 10.8 Å². The lowest BCUT2D eigenvalue weighted by Crippen LogP contribution is -2.28. The van der Waals surface area contributed by atoms with E-state index in [9.17, 15) is 9.59 Å². The van der Waals surface area contributed by atoms with Crippen LogP contribution in [0.25, 0.3) is 0 Å². The van der Waals surface area contributed by atoms with E-state index in [1.54, 1.807) is 0 Å². The van der Waals surface area contributed by atoms with Crippen molar-refractivity contribution in [2.75, 3.05) is 13.1 Å². The Bertz CT molecular complexity index is 403. The number of likely N-dealkylation sites (tertiary alicyclic amines) is 1. The van der Waals surface area contributed by atoms with Crippen LogP contribution in [0.3, 0.4) is 0 Å². The molecule has 2 heterocycles. The van der Waals surface area contributed by atoms with Crippen molar-refractivity contribution in [1.29, 1.82) is 0 Å². The minimum Gasteiger partial charge on any atom is -0.481 e. The maximum atomic E-state index is 11.1. The number of thiophene rings is 1. The first-order valence-corrected chi connectivity index (χ1v) is 5.71. The highest BCUT2D eigenvalue weighted by atomic mass is 32.1. The predicted molar refractivity (Wildman–Crippen MR) is 57.8 cm³/mol. The van der Waals surface area contributed by atoms with E-state index in [0.717, 1.165) is 4.88 Å². The monoisotopic (exact) mass is 241 g/mol. The van der Waals surface area contributed by atoms with Gasteiger partial charge in [-0.05, 0) is 11.4 Å². The van der Waals surface area contributed by atoms with E-state index in [0.29, 0.717) is 0 Å². The smallest absolute Gasteiger partial charge is 0.407 e. The number of nitrogens with zero attached hydrogens (tertiary/aromatic N) is 1. The minimum absolute atomic E-state index is 0.0766. The zero-order chi connectivity index (χ0) is 11.7. The number of carboxylic acids is 1. The maximum absolute atomic E-state index is 11.1. The second kappa shape index (κ2) is 4.13. The van der Waals surface area contributed by atoms with Gasteiger partial charge < -0.3 is 15.1 Å². The molecule has 1 aromatic heterocycles. The van der Waals surface area contributed by atoms with Crippen LogP contribution in [0.4, 0.5) is 4.79 Å². The molecular formula is C10H11NO4S. The van der Waals surface area contributed by atoms with Gasteiger partial charge in [-0.2, -0.15) is 0 Å². The molecule has 2 rings (SSSR count). The molecule has 0 aromatic carbocycles. The Hall–Kier alpha value is -1.56. The van der Waals surface area contributed by atoms with Crippen molar-refractivity contribution in [3.63, 3.8) is 0 Å². The highest BCUT2D eigenvalue weighted by Crippen LogP contribution is 2.35. The van der Waals surface area contributed by atoms with Crippen LogP contribution >= 0.6 is 11.3 Å². The third-order valence-corrected chi connectivity index (χ3v) is 3.82. The summed E-state index contributed by atoms with van der Waals surface area (Å²) in [5.74, 6) is -1.77. The van der Waals surface area contributed by atoms with Gasteiger partial charge in [-0.15, -0.1) is 11.3 Å². The normalized spacial score (nSPS) is 24.6. The van der Waals surface area contributed by atoms with Crippen molar-refractivity contribution in [3.8, 4) is 0 Å². The van der Waals surface area contributed by atoms with Gasteiger partial charge in [0.2, 0.25) is 0 Å². The fourth-order valence-corrected chi connectivity index (χ4v) is 2.89. The van der Waals surface area contributed by atoms with Crippen molar-refractivity contribution >= 4 is 23.4 Å². The third-order valence-electron chi connectivity index (χ3n) is 2.82. The molecule has 1 aromatic rings. The summed E-state index contributed by atoms with van der Waals surface area (Å²) in [6.07, 6.45) is -1.05. The molecule has 2 N–H and O–H groups in total. The molecule has 86 valence electrons. The SMILES string of the molecule is O=C(O)[C@H]1CN(C(=O)O)C[C@@H]1c1cccs1. The average Bonchev–Trinajstić information content (AvgIpc) is 2.86. The Balaban J connectivity index is 2.23. The Morgan fingerprint density at radius 3 is 2.62 bits per heavy atom. The molecule has 6 heteroatoms. The van der Waals surface area contributed by atoms with E-state index in [4.69, 9.17) is 10.2 Å². The molecule has 0 saturated carbocycles. The van der Waals surface area contributed by atoms with Crippen molar-refractivity contribution in [2.45, 2.75) is 5.92 Å². The van der Waals surface area contributed by atoms with Gasteiger partial charge in [-0.3, -0.25) is 4.79 Å². The summed E-state index contributed by atoms with van der Waals surface area (Å²) in [6, 6.07) is 3.71. The second-order valence-corrected chi connectivity index (χ2v) is 4.73. The average molecular weight is 241 g/mol. The minimum atomic E-state index is -1.05. The highest BCUT2D eigenvalue weighted by molar-refractivity contribution is 7.10. The van der Waals surface area contributed by atoms with Crippen molar-refractivity contribution < 1.29 is 19.8 Å². The molecule has 1 fully saturated rings. The molecule has 0 aliphatic carbocycles. The molecule has 2 atom stereocenters. The Morgan fingerprint density at radius 2 is 2.12 bits per heavy atom. The van der Waals surface area contributed by atoms with E-state index in [1.165, 1.54) is 16.2 Å². The summed E-state index contributed by atoms with van der Waals surface area (Å²) >= 11 is 1.47. The largest absolute Gasteiger partial charge is 0.481 e. The number of carbonyl (C=O) groups is 2. The molecule has 16 heavy (non-hydrogen) atoms. The number of hydrogen-bond donors (Lipinski definition) is 2. The van der Waals surface area contributed by atoms with Crippen LogP contribution in [0.5, 0.6) is 0 Å². The van der Waals surface area contributed by atoms with E-state index >= 15 is 0 Å². The molecule has 1 saturated heterocycles. The molecule has 0 spiro atoms. The first-order valence-electron chi connectivity index (χ1n) is 4.83. The second-order valence-electron chi connectivity index (χ2n) is 3.75. The Labute approximate surface area is 95.9 Å².